The molecular formula is C13H18F3NO2. The van der Waals surface area contributed by atoms with E-state index in [4.69, 9.17) is 15.2 Å². The minimum absolute atomic E-state index is 0.423. The van der Waals surface area contributed by atoms with E-state index in [-0.39, 0.29) is 0 Å². The Bertz CT molecular complexity index is 394. The van der Waals surface area contributed by atoms with Crippen LogP contribution in [0.5, 0.6) is 5.75 Å². The summed E-state index contributed by atoms with van der Waals surface area (Å²) in [7, 11) is 1.49. The fraction of sp³-hybridized carbons (Fsp3) is 0.538. The maximum atomic E-state index is 12.1. The summed E-state index contributed by atoms with van der Waals surface area (Å²) in [6, 6.07) is 6.55. The minimum atomic E-state index is -4.23. The fourth-order valence-electron chi connectivity index (χ4n) is 1.73. The Balaban J connectivity index is 2.77. The van der Waals surface area contributed by atoms with Crippen molar-refractivity contribution >= 4 is 0 Å². The first-order valence-corrected chi connectivity index (χ1v) is 5.92. The van der Waals surface area contributed by atoms with E-state index in [2.05, 4.69) is 0 Å². The Morgan fingerprint density at radius 1 is 1.26 bits per heavy atom. The summed E-state index contributed by atoms with van der Waals surface area (Å²) in [5, 5.41) is 0. The number of halogens is 3. The molecule has 0 aliphatic rings. The third-order valence-electron chi connectivity index (χ3n) is 2.61. The highest BCUT2D eigenvalue weighted by Gasteiger charge is 2.28. The average molecular weight is 277 g/mol. The van der Waals surface area contributed by atoms with Crippen molar-refractivity contribution in [3.05, 3.63) is 29.8 Å². The average Bonchev–Trinajstić information content (AvgIpc) is 2.33. The van der Waals surface area contributed by atoms with Gasteiger partial charge in [-0.25, -0.2) is 0 Å². The van der Waals surface area contributed by atoms with Crippen LogP contribution in [-0.2, 0) is 4.74 Å². The van der Waals surface area contributed by atoms with Gasteiger partial charge in [0.1, 0.15) is 11.9 Å². The molecular weight excluding hydrogens is 259 g/mol. The molecule has 1 aromatic carbocycles. The van der Waals surface area contributed by atoms with Crippen LogP contribution in [0, 0.1) is 0 Å². The molecule has 19 heavy (non-hydrogen) atoms. The van der Waals surface area contributed by atoms with E-state index >= 15 is 0 Å². The van der Waals surface area contributed by atoms with Crippen LogP contribution >= 0.6 is 0 Å². The van der Waals surface area contributed by atoms with Gasteiger partial charge in [0.05, 0.1) is 20.1 Å². The van der Waals surface area contributed by atoms with Gasteiger partial charge in [-0.3, -0.25) is 0 Å². The molecule has 0 bridgehead atoms. The van der Waals surface area contributed by atoms with E-state index in [1.54, 1.807) is 31.2 Å². The lowest BCUT2D eigenvalue weighted by Gasteiger charge is -2.24. The molecule has 0 aliphatic carbocycles. The summed E-state index contributed by atoms with van der Waals surface area (Å²) in [5.74, 6) is 0.553. The number of para-hydroxylation sites is 1. The first-order chi connectivity index (χ1) is 8.85. The first kappa shape index (κ1) is 15.8. The number of alkyl halides is 3. The largest absolute Gasteiger partial charge is 0.496 e. The van der Waals surface area contributed by atoms with Gasteiger partial charge in [-0.15, -0.1) is 0 Å². The third-order valence-corrected chi connectivity index (χ3v) is 2.61. The van der Waals surface area contributed by atoms with E-state index in [1.165, 1.54) is 7.11 Å². The second-order valence-corrected chi connectivity index (χ2v) is 4.26. The van der Waals surface area contributed by atoms with Crippen molar-refractivity contribution in [2.24, 2.45) is 5.73 Å². The lowest BCUT2D eigenvalue weighted by molar-refractivity contribution is -0.150. The van der Waals surface area contributed by atoms with Crippen molar-refractivity contribution < 1.29 is 22.6 Å². The monoisotopic (exact) mass is 277 g/mol. The summed E-state index contributed by atoms with van der Waals surface area (Å²) in [5.41, 5.74) is 6.44. The molecule has 108 valence electrons. The fourth-order valence-corrected chi connectivity index (χ4v) is 1.73. The molecule has 3 nitrogen and oxygen atoms in total. The van der Waals surface area contributed by atoms with Crippen LogP contribution in [0.25, 0.3) is 0 Å². The third kappa shape index (κ3) is 5.08. The zero-order valence-electron chi connectivity index (χ0n) is 10.9. The van der Waals surface area contributed by atoms with Gasteiger partial charge in [-0.2, -0.15) is 13.2 Å². The van der Waals surface area contributed by atoms with Crippen molar-refractivity contribution in [1.29, 1.82) is 0 Å². The first-order valence-electron chi connectivity index (χ1n) is 5.92. The molecule has 6 heteroatoms. The lowest BCUT2D eigenvalue weighted by atomic mass is 10.0. The standard InChI is InChI=1S/C13H18F3NO2/c1-9(17)12(19-8-7-13(14,15)16)10-5-3-4-6-11(10)18-2/h3-6,9,12H,7-8,17H2,1-2H3. The Labute approximate surface area is 110 Å². The molecule has 0 saturated heterocycles. The topological polar surface area (TPSA) is 44.5 Å². The second-order valence-electron chi connectivity index (χ2n) is 4.26. The van der Waals surface area contributed by atoms with Gasteiger partial charge >= 0.3 is 6.18 Å². The van der Waals surface area contributed by atoms with Crippen molar-refractivity contribution in [2.45, 2.75) is 31.7 Å². The Hall–Kier alpha value is -1.27. The number of benzene rings is 1. The van der Waals surface area contributed by atoms with Gasteiger partial charge < -0.3 is 15.2 Å². The van der Waals surface area contributed by atoms with Gasteiger partial charge in [-0.05, 0) is 13.0 Å². The van der Waals surface area contributed by atoms with Gasteiger partial charge in [0.25, 0.3) is 0 Å². The van der Waals surface area contributed by atoms with Gasteiger partial charge in [0, 0.05) is 11.6 Å². The van der Waals surface area contributed by atoms with E-state index in [1.807, 2.05) is 0 Å². The molecule has 0 aromatic heterocycles. The van der Waals surface area contributed by atoms with E-state index in [9.17, 15) is 13.2 Å². The molecule has 0 saturated carbocycles. The number of hydrogen-bond donors (Lipinski definition) is 1. The molecule has 1 rings (SSSR count). The quantitative estimate of drug-likeness (QED) is 0.869. The summed E-state index contributed by atoms with van der Waals surface area (Å²) in [4.78, 5) is 0. The zero-order chi connectivity index (χ0) is 14.5. The van der Waals surface area contributed by atoms with Gasteiger partial charge in [0.15, 0.2) is 0 Å². The van der Waals surface area contributed by atoms with Crippen molar-refractivity contribution in [2.75, 3.05) is 13.7 Å². The Morgan fingerprint density at radius 2 is 1.89 bits per heavy atom. The number of hydrogen-bond acceptors (Lipinski definition) is 3. The van der Waals surface area contributed by atoms with Crippen LogP contribution in [0.1, 0.15) is 25.0 Å². The van der Waals surface area contributed by atoms with Crippen molar-refractivity contribution in [3.8, 4) is 5.75 Å². The van der Waals surface area contributed by atoms with Crippen LogP contribution in [0.4, 0.5) is 13.2 Å². The second kappa shape index (κ2) is 6.77. The van der Waals surface area contributed by atoms with E-state index in [0.717, 1.165) is 0 Å². The molecule has 0 aliphatic heterocycles. The highest BCUT2D eigenvalue weighted by Crippen LogP contribution is 2.30. The molecule has 2 atom stereocenters. The molecule has 2 unspecified atom stereocenters. The Kier molecular flexibility index (Phi) is 5.62. The summed E-state index contributed by atoms with van der Waals surface area (Å²) in [6.07, 6.45) is -5.85. The lowest BCUT2D eigenvalue weighted by Crippen LogP contribution is -2.28. The smallest absolute Gasteiger partial charge is 0.391 e. The predicted octanol–water partition coefficient (Wildman–Crippen LogP) is 3.05. The molecule has 2 N–H and O–H groups in total. The molecule has 0 radical (unpaired) electrons. The van der Waals surface area contributed by atoms with Crippen molar-refractivity contribution in [3.63, 3.8) is 0 Å². The summed E-state index contributed by atoms with van der Waals surface area (Å²) >= 11 is 0. The maximum Gasteiger partial charge on any atom is 0.391 e. The number of methoxy groups -OCH3 is 1. The van der Waals surface area contributed by atoms with Crippen LogP contribution in [0.3, 0.4) is 0 Å². The normalized spacial score (nSPS) is 15.1. The van der Waals surface area contributed by atoms with Crippen molar-refractivity contribution in [1.82, 2.24) is 0 Å². The number of ether oxygens (including phenoxy) is 2. The van der Waals surface area contributed by atoms with E-state index < -0.39 is 31.3 Å². The highest BCUT2D eigenvalue weighted by atomic mass is 19.4. The SMILES string of the molecule is COc1ccccc1C(OCCC(F)(F)F)C(C)N. The summed E-state index contributed by atoms with van der Waals surface area (Å²) in [6.45, 7) is 1.26. The minimum Gasteiger partial charge on any atom is -0.496 e. The molecule has 0 heterocycles. The van der Waals surface area contributed by atoms with Gasteiger partial charge in [0.2, 0.25) is 0 Å². The number of rotatable bonds is 6. The molecule has 0 amide bonds. The van der Waals surface area contributed by atoms with Gasteiger partial charge in [-0.1, -0.05) is 18.2 Å². The van der Waals surface area contributed by atoms with Crippen LogP contribution in [0.2, 0.25) is 0 Å². The number of nitrogens with two attached hydrogens (primary N) is 1. The molecule has 0 spiro atoms. The predicted molar refractivity (Wildman–Crippen MR) is 66.0 cm³/mol. The van der Waals surface area contributed by atoms with E-state index in [0.29, 0.717) is 11.3 Å². The highest BCUT2D eigenvalue weighted by molar-refractivity contribution is 5.35. The Morgan fingerprint density at radius 3 is 2.42 bits per heavy atom. The molecule has 1 aromatic rings. The summed E-state index contributed by atoms with van der Waals surface area (Å²) < 4.78 is 46.8. The zero-order valence-corrected chi connectivity index (χ0v) is 10.9. The molecule has 0 fully saturated rings. The maximum absolute atomic E-state index is 12.1. The van der Waals surface area contributed by atoms with Crippen LogP contribution < -0.4 is 10.5 Å². The van der Waals surface area contributed by atoms with Crippen LogP contribution in [-0.4, -0.2) is 25.9 Å². The van der Waals surface area contributed by atoms with Crippen LogP contribution in [0.15, 0.2) is 24.3 Å².